The lowest BCUT2D eigenvalue weighted by Crippen LogP contribution is -2.62. The first-order valence-electron chi connectivity index (χ1n) is 9.24. The van der Waals surface area contributed by atoms with E-state index in [1.54, 1.807) is 24.3 Å². The Hall–Kier alpha value is -1.34. The Kier molecular flexibility index (Phi) is 6.75. The van der Waals surface area contributed by atoms with Gasteiger partial charge in [0.2, 0.25) is 0 Å². The standard InChI is InChI=1S/C19H28ClN3O3/c1-22-8-6-19(7-9-22,23-10-12-25-13-11-23)15-21-18(24)14-26-17-4-2-16(20)3-5-17/h2-5H,6-15H2,1H3,(H,21,24). The molecule has 2 saturated heterocycles. The number of hydrogen-bond donors (Lipinski definition) is 1. The minimum Gasteiger partial charge on any atom is -0.484 e. The quantitative estimate of drug-likeness (QED) is 0.811. The highest BCUT2D eigenvalue weighted by atomic mass is 35.5. The minimum atomic E-state index is -0.0912. The first-order valence-corrected chi connectivity index (χ1v) is 9.62. The second-order valence-electron chi connectivity index (χ2n) is 7.15. The van der Waals surface area contributed by atoms with E-state index in [2.05, 4.69) is 22.2 Å². The second kappa shape index (κ2) is 9.04. The third-order valence-electron chi connectivity index (χ3n) is 5.40. The van der Waals surface area contributed by atoms with Gasteiger partial charge in [0, 0.05) is 30.2 Å². The fourth-order valence-electron chi connectivity index (χ4n) is 3.67. The maximum Gasteiger partial charge on any atom is 0.258 e. The van der Waals surface area contributed by atoms with Crippen molar-refractivity contribution in [1.29, 1.82) is 0 Å². The predicted octanol–water partition coefficient (Wildman–Crippen LogP) is 1.63. The molecule has 0 radical (unpaired) electrons. The Bertz CT molecular complexity index is 582. The zero-order valence-electron chi connectivity index (χ0n) is 15.4. The zero-order chi connectivity index (χ0) is 18.4. The lowest BCUT2D eigenvalue weighted by Gasteiger charge is -2.49. The molecule has 3 rings (SSSR count). The Morgan fingerprint density at radius 1 is 1.19 bits per heavy atom. The fraction of sp³-hybridized carbons (Fsp3) is 0.632. The number of morpholine rings is 1. The average molecular weight is 382 g/mol. The number of rotatable bonds is 6. The van der Waals surface area contributed by atoms with Crippen molar-refractivity contribution in [2.75, 3.05) is 59.6 Å². The van der Waals surface area contributed by atoms with Crippen molar-refractivity contribution in [2.24, 2.45) is 0 Å². The van der Waals surface area contributed by atoms with Crippen molar-refractivity contribution in [3.63, 3.8) is 0 Å². The highest BCUT2D eigenvalue weighted by molar-refractivity contribution is 6.30. The molecule has 0 atom stereocenters. The second-order valence-corrected chi connectivity index (χ2v) is 7.58. The van der Waals surface area contributed by atoms with Gasteiger partial charge in [-0.1, -0.05) is 11.6 Å². The molecule has 0 spiro atoms. The Balaban J connectivity index is 1.53. The molecule has 2 heterocycles. The molecule has 6 nitrogen and oxygen atoms in total. The van der Waals surface area contributed by atoms with E-state index in [0.29, 0.717) is 17.3 Å². The number of amides is 1. The van der Waals surface area contributed by atoms with Gasteiger partial charge in [-0.15, -0.1) is 0 Å². The van der Waals surface area contributed by atoms with Gasteiger partial charge in [0.1, 0.15) is 5.75 Å². The molecule has 7 heteroatoms. The number of ether oxygens (including phenoxy) is 2. The molecule has 0 aliphatic carbocycles. The van der Waals surface area contributed by atoms with Crippen LogP contribution in [0.25, 0.3) is 0 Å². The van der Waals surface area contributed by atoms with E-state index in [-0.39, 0.29) is 18.1 Å². The monoisotopic (exact) mass is 381 g/mol. The molecule has 144 valence electrons. The summed E-state index contributed by atoms with van der Waals surface area (Å²) in [7, 11) is 2.15. The molecule has 1 aromatic carbocycles. The van der Waals surface area contributed by atoms with Crippen molar-refractivity contribution < 1.29 is 14.3 Å². The van der Waals surface area contributed by atoms with E-state index in [0.717, 1.165) is 52.2 Å². The van der Waals surface area contributed by atoms with Crippen LogP contribution in [0.4, 0.5) is 0 Å². The summed E-state index contributed by atoms with van der Waals surface area (Å²) in [5.41, 5.74) is 0.0201. The topological polar surface area (TPSA) is 54.0 Å². The molecule has 26 heavy (non-hydrogen) atoms. The van der Waals surface area contributed by atoms with E-state index in [1.807, 2.05) is 0 Å². The van der Waals surface area contributed by atoms with Crippen molar-refractivity contribution in [3.05, 3.63) is 29.3 Å². The summed E-state index contributed by atoms with van der Waals surface area (Å²) >= 11 is 5.86. The van der Waals surface area contributed by atoms with Gasteiger partial charge in [0.15, 0.2) is 6.61 Å². The molecule has 0 unspecified atom stereocenters. The summed E-state index contributed by atoms with van der Waals surface area (Å²) in [6.45, 7) is 6.17. The number of likely N-dealkylation sites (tertiary alicyclic amines) is 1. The number of carbonyl (C=O) groups is 1. The van der Waals surface area contributed by atoms with Crippen LogP contribution in [0, 0.1) is 0 Å². The fourth-order valence-corrected chi connectivity index (χ4v) is 3.80. The van der Waals surface area contributed by atoms with Crippen molar-refractivity contribution in [2.45, 2.75) is 18.4 Å². The van der Waals surface area contributed by atoms with Gasteiger partial charge in [-0.2, -0.15) is 0 Å². The number of nitrogens with one attached hydrogen (secondary N) is 1. The van der Waals surface area contributed by atoms with Crippen LogP contribution >= 0.6 is 11.6 Å². The van der Waals surface area contributed by atoms with Crippen LogP contribution in [0.3, 0.4) is 0 Å². The number of carbonyl (C=O) groups excluding carboxylic acids is 1. The molecule has 1 aromatic rings. The minimum absolute atomic E-state index is 0.0146. The average Bonchev–Trinajstić information content (AvgIpc) is 2.68. The van der Waals surface area contributed by atoms with E-state index < -0.39 is 0 Å². The van der Waals surface area contributed by atoms with E-state index in [1.165, 1.54) is 0 Å². The van der Waals surface area contributed by atoms with Crippen LogP contribution in [-0.2, 0) is 9.53 Å². The molecular formula is C19H28ClN3O3. The van der Waals surface area contributed by atoms with Crippen LogP contribution in [0.2, 0.25) is 5.02 Å². The SMILES string of the molecule is CN1CCC(CNC(=O)COc2ccc(Cl)cc2)(N2CCOCC2)CC1. The summed E-state index contributed by atoms with van der Waals surface area (Å²) in [6.07, 6.45) is 2.11. The Labute approximate surface area is 160 Å². The normalized spacial score (nSPS) is 21.3. The number of nitrogens with zero attached hydrogens (tertiary/aromatic N) is 2. The number of benzene rings is 1. The number of halogens is 1. The summed E-state index contributed by atoms with van der Waals surface area (Å²) in [5.74, 6) is 0.554. The Morgan fingerprint density at radius 2 is 1.85 bits per heavy atom. The maximum absolute atomic E-state index is 12.3. The molecule has 2 fully saturated rings. The molecule has 1 N–H and O–H groups in total. The van der Waals surface area contributed by atoms with Crippen LogP contribution in [0.1, 0.15) is 12.8 Å². The highest BCUT2D eigenvalue weighted by Crippen LogP contribution is 2.29. The van der Waals surface area contributed by atoms with Gasteiger partial charge < -0.3 is 19.7 Å². The zero-order valence-corrected chi connectivity index (χ0v) is 16.1. The highest BCUT2D eigenvalue weighted by Gasteiger charge is 2.40. The molecule has 2 aliphatic heterocycles. The lowest BCUT2D eigenvalue weighted by atomic mass is 9.85. The van der Waals surface area contributed by atoms with Gasteiger partial charge >= 0.3 is 0 Å². The van der Waals surface area contributed by atoms with E-state index >= 15 is 0 Å². The van der Waals surface area contributed by atoms with Crippen LogP contribution < -0.4 is 10.1 Å². The molecule has 2 aliphatic rings. The number of piperidine rings is 1. The van der Waals surface area contributed by atoms with Crippen molar-refractivity contribution >= 4 is 17.5 Å². The third kappa shape index (κ3) is 5.10. The predicted molar refractivity (Wildman–Crippen MR) is 102 cm³/mol. The first-order chi connectivity index (χ1) is 12.6. The van der Waals surface area contributed by atoms with Gasteiger partial charge in [0.05, 0.1) is 13.2 Å². The van der Waals surface area contributed by atoms with Crippen molar-refractivity contribution in [3.8, 4) is 5.75 Å². The van der Waals surface area contributed by atoms with Crippen LogP contribution in [0.15, 0.2) is 24.3 Å². The Morgan fingerprint density at radius 3 is 2.50 bits per heavy atom. The third-order valence-corrected chi connectivity index (χ3v) is 5.65. The molecule has 0 saturated carbocycles. The summed E-state index contributed by atoms with van der Waals surface area (Å²) < 4.78 is 11.1. The van der Waals surface area contributed by atoms with Gasteiger partial charge in [-0.05, 0) is 57.2 Å². The van der Waals surface area contributed by atoms with E-state index in [4.69, 9.17) is 21.1 Å². The van der Waals surface area contributed by atoms with Gasteiger partial charge in [0.25, 0.3) is 5.91 Å². The molecule has 0 bridgehead atoms. The smallest absolute Gasteiger partial charge is 0.258 e. The summed E-state index contributed by atoms with van der Waals surface area (Å²) in [4.78, 5) is 17.2. The summed E-state index contributed by atoms with van der Waals surface area (Å²) in [6, 6.07) is 7.03. The molecule has 1 amide bonds. The molecule has 0 aromatic heterocycles. The van der Waals surface area contributed by atoms with Crippen molar-refractivity contribution in [1.82, 2.24) is 15.1 Å². The van der Waals surface area contributed by atoms with Crippen LogP contribution in [-0.4, -0.2) is 80.8 Å². The maximum atomic E-state index is 12.3. The molecular weight excluding hydrogens is 354 g/mol. The largest absolute Gasteiger partial charge is 0.484 e. The number of hydrogen-bond acceptors (Lipinski definition) is 5. The summed E-state index contributed by atoms with van der Waals surface area (Å²) in [5, 5.41) is 3.75. The van der Waals surface area contributed by atoms with Crippen LogP contribution in [0.5, 0.6) is 5.75 Å². The lowest BCUT2D eigenvalue weighted by molar-refractivity contribution is -0.124. The van der Waals surface area contributed by atoms with E-state index in [9.17, 15) is 4.79 Å². The van der Waals surface area contributed by atoms with Gasteiger partial charge in [-0.3, -0.25) is 9.69 Å². The first kappa shape index (κ1) is 19.4. The van der Waals surface area contributed by atoms with Gasteiger partial charge in [-0.25, -0.2) is 0 Å².